The van der Waals surface area contributed by atoms with Gasteiger partial charge in [0.25, 0.3) is 5.88 Å². The average molecular weight is 277 g/mol. The molecule has 3 rings (SSSR count). The molecule has 0 aliphatic heterocycles. The number of ether oxygens (including phenoxy) is 1. The molecule has 0 bridgehead atoms. The third-order valence-corrected chi connectivity index (χ3v) is 3.37. The molecule has 0 unspecified atom stereocenters. The van der Waals surface area contributed by atoms with E-state index < -0.39 is 0 Å². The zero-order valence-electron chi connectivity index (χ0n) is 10.4. The van der Waals surface area contributed by atoms with Crippen molar-refractivity contribution in [2.24, 2.45) is 0 Å². The fourth-order valence-corrected chi connectivity index (χ4v) is 2.30. The predicted octanol–water partition coefficient (Wildman–Crippen LogP) is 3.81. The molecule has 1 aromatic carbocycles. The number of rotatable bonds is 3. The summed E-state index contributed by atoms with van der Waals surface area (Å²) in [6.07, 6.45) is 2.36. The van der Waals surface area contributed by atoms with Gasteiger partial charge in [0, 0.05) is 11.6 Å². The summed E-state index contributed by atoms with van der Waals surface area (Å²) in [6.45, 7) is 2.06. The molecule has 0 spiro atoms. The standard InChI is InChI=1S/C14H13ClN2O2/c1-8-3-2-4-11(13(8)9-5-6-9)19-14-10(18)7-12(15)16-17-14/h2-4,7,9H,5-6H2,1H3,(H,16,18). The van der Waals surface area contributed by atoms with Crippen molar-refractivity contribution in [3.8, 4) is 17.4 Å². The second-order valence-electron chi connectivity index (χ2n) is 4.72. The Balaban J connectivity index is 1.97. The zero-order valence-corrected chi connectivity index (χ0v) is 11.2. The fourth-order valence-electron chi connectivity index (χ4n) is 2.16. The summed E-state index contributed by atoms with van der Waals surface area (Å²) in [7, 11) is 0. The number of aromatic nitrogens is 2. The highest BCUT2D eigenvalue weighted by Crippen LogP contribution is 2.47. The summed E-state index contributed by atoms with van der Waals surface area (Å²) in [6, 6.07) is 7.19. The van der Waals surface area contributed by atoms with Gasteiger partial charge in [-0.05, 0) is 37.3 Å². The molecule has 0 atom stereocenters. The van der Waals surface area contributed by atoms with Crippen molar-refractivity contribution in [1.29, 1.82) is 0 Å². The molecule has 1 heterocycles. The Morgan fingerprint density at radius 1 is 1.32 bits per heavy atom. The predicted molar refractivity (Wildman–Crippen MR) is 71.9 cm³/mol. The molecule has 1 fully saturated rings. The molecule has 1 N–H and O–H groups in total. The molecular formula is C14H13ClN2O2. The average Bonchev–Trinajstić information content (AvgIpc) is 3.17. The maximum absolute atomic E-state index is 9.76. The van der Waals surface area contributed by atoms with E-state index in [9.17, 15) is 5.11 Å². The maximum Gasteiger partial charge on any atom is 0.281 e. The monoisotopic (exact) mass is 276 g/mol. The lowest BCUT2D eigenvalue weighted by Gasteiger charge is -2.12. The quantitative estimate of drug-likeness (QED) is 0.926. The largest absolute Gasteiger partial charge is 0.503 e. The Labute approximate surface area is 116 Å². The number of benzene rings is 1. The Hall–Kier alpha value is -1.81. The van der Waals surface area contributed by atoms with Gasteiger partial charge in [0.15, 0.2) is 10.9 Å². The van der Waals surface area contributed by atoms with Gasteiger partial charge in [-0.25, -0.2) is 0 Å². The van der Waals surface area contributed by atoms with E-state index in [0.717, 1.165) is 5.75 Å². The van der Waals surface area contributed by atoms with Crippen molar-refractivity contribution in [2.75, 3.05) is 0 Å². The topological polar surface area (TPSA) is 55.2 Å². The van der Waals surface area contributed by atoms with E-state index in [4.69, 9.17) is 16.3 Å². The zero-order chi connectivity index (χ0) is 13.4. The number of aromatic hydroxyl groups is 1. The van der Waals surface area contributed by atoms with Gasteiger partial charge < -0.3 is 9.84 Å². The smallest absolute Gasteiger partial charge is 0.281 e. The van der Waals surface area contributed by atoms with Gasteiger partial charge in [0.2, 0.25) is 0 Å². The van der Waals surface area contributed by atoms with Crippen molar-refractivity contribution in [3.05, 3.63) is 40.5 Å². The van der Waals surface area contributed by atoms with Crippen LogP contribution in [0.5, 0.6) is 17.4 Å². The molecule has 2 aromatic rings. The van der Waals surface area contributed by atoms with Gasteiger partial charge in [-0.2, -0.15) is 0 Å². The third kappa shape index (κ3) is 2.49. The van der Waals surface area contributed by atoms with Crippen LogP contribution in [-0.4, -0.2) is 15.3 Å². The van der Waals surface area contributed by atoms with Crippen LogP contribution in [0.15, 0.2) is 24.3 Å². The van der Waals surface area contributed by atoms with E-state index in [2.05, 4.69) is 23.2 Å². The highest BCUT2D eigenvalue weighted by Gasteiger charge is 2.28. The Morgan fingerprint density at radius 3 is 2.79 bits per heavy atom. The minimum atomic E-state index is -0.108. The molecule has 0 radical (unpaired) electrons. The van der Waals surface area contributed by atoms with E-state index in [0.29, 0.717) is 5.92 Å². The van der Waals surface area contributed by atoms with Crippen LogP contribution in [0.1, 0.15) is 29.9 Å². The molecule has 98 valence electrons. The van der Waals surface area contributed by atoms with Crippen molar-refractivity contribution in [3.63, 3.8) is 0 Å². The number of nitrogens with zero attached hydrogens (tertiary/aromatic N) is 2. The van der Waals surface area contributed by atoms with Crippen molar-refractivity contribution in [1.82, 2.24) is 10.2 Å². The van der Waals surface area contributed by atoms with Crippen LogP contribution < -0.4 is 4.74 Å². The Bertz CT molecular complexity index is 627. The number of hydrogen-bond acceptors (Lipinski definition) is 4. The maximum atomic E-state index is 9.76. The molecule has 5 heteroatoms. The second-order valence-corrected chi connectivity index (χ2v) is 5.11. The highest BCUT2D eigenvalue weighted by molar-refractivity contribution is 6.29. The first-order valence-electron chi connectivity index (χ1n) is 6.14. The molecule has 0 saturated heterocycles. The number of aryl methyl sites for hydroxylation is 1. The fraction of sp³-hybridized carbons (Fsp3) is 0.286. The minimum Gasteiger partial charge on any atom is -0.503 e. The normalized spacial score (nSPS) is 14.4. The summed E-state index contributed by atoms with van der Waals surface area (Å²) in [4.78, 5) is 0. The molecule has 1 aliphatic rings. The summed E-state index contributed by atoms with van der Waals surface area (Å²) in [5.41, 5.74) is 2.39. The van der Waals surface area contributed by atoms with E-state index in [1.54, 1.807) is 0 Å². The minimum absolute atomic E-state index is 0.0805. The summed E-state index contributed by atoms with van der Waals surface area (Å²) in [5, 5.41) is 17.3. The van der Waals surface area contributed by atoms with Crippen LogP contribution in [0, 0.1) is 6.92 Å². The third-order valence-electron chi connectivity index (χ3n) is 3.19. The molecule has 0 amide bonds. The molecule has 4 nitrogen and oxygen atoms in total. The van der Waals surface area contributed by atoms with Crippen LogP contribution >= 0.6 is 11.6 Å². The Morgan fingerprint density at radius 2 is 2.11 bits per heavy atom. The van der Waals surface area contributed by atoms with Crippen LogP contribution in [0.2, 0.25) is 5.15 Å². The van der Waals surface area contributed by atoms with E-state index >= 15 is 0 Å². The molecule has 1 aliphatic carbocycles. The van der Waals surface area contributed by atoms with Crippen LogP contribution in [0.25, 0.3) is 0 Å². The van der Waals surface area contributed by atoms with Gasteiger partial charge in [0.05, 0.1) is 0 Å². The van der Waals surface area contributed by atoms with Gasteiger partial charge in [-0.15, -0.1) is 10.2 Å². The number of halogens is 1. The lowest BCUT2D eigenvalue weighted by atomic mass is 10.0. The first-order chi connectivity index (χ1) is 9.15. The van der Waals surface area contributed by atoms with Crippen LogP contribution in [0.4, 0.5) is 0 Å². The first-order valence-corrected chi connectivity index (χ1v) is 6.52. The lowest BCUT2D eigenvalue weighted by molar-refractivity contribution is 0.389. The van der Waals surface area contributed by atoms with Gasteiger partial charge in [-0.3, -0.25) is 0 Å². The molecule has 1 saturated carbocycles. The van der Waals surface area contributed by atoms with Crippen molar-refractivity contribution < 1.29 is 9.84 Å². The number of hydrogen-bond donors (Lipinski definition) is 1. The molecule has 1 aromatic heterocycles. The van der Waals surface area contributed by atoms with Gasteiger partial charge in [-0.1, -0.05) is 23.7 Å². The van der Waals surface area contributed by atoms with Crippen LogP contribution in [-0.2, 0) is 0 Å². The van der Waals surface area contributed by atoms with E-state index in [1.807, 2.05) is 12.1 Å². The van der Waals surface area contributed by atoms with Crippen LogP contribution in [0.3, 0.4) is 0 Å². The van der Waals surface area contributed by atoms with Gasteiger partial charge >= 0.3 is 0 Å². The van der Waals surface area contributed by atoms with Crippen molar-refractivity contribution in [2.45, 2.75) is 25.7 Å². The summed E-state index contributed by atoms with van der Waals surface area (Å²) < 4.78 is 5.70. The second kappa shape index (κ2) is 4.70. The van der Waals surface area contributed by atoms with E-state index in [-0.39, 0.29) is 16.8 Å². The summed E-state index contributed by atoms with van der Waals surface area (Å²) >= 11 is 5.65. The summed E-state index contributed by atoms with van der Waals surface area (Å²) in [5.74, 6) is 1.26. The molecular weight excluding hydrogens is 264 g/mol. The van der Waals surface area contributed by atoms with Gasteiger partial charge in [0.1, 0.15) is 5.75 Å². The Kier molecular flexibility index (Phi) is 3.03. The SMILES string of the molecule is Cc1cccc(Oc2nnc(Cl)cc2O)c1C1CC1. The first kappa shape index (κ1) is 12.2. The highest BCUT2D eigenvalue weighted by atomic mass is 35.5. The van der Waals surface area contributed by atoms with Crippen molar-refractivity contribution >= 4 is 11.6 Å². The molecule has 19 heavy (non-hydrogen) atoms. The lowest BCUT2D eigenvalue weighted by Crippen LogP contribution is -1.96. The van der Waals surface area contributed by atoms with E-state index in [1.165, 1.54) is 30.0 Å².